The fourth-order valence-corrected chi connectivity index (χ4v) is 3.85. The fraction of sp³-hybridized carbons (Fsp3) is 0.278. The second-order valence-corrected chi connectivity index (χ2v) is 7.99. The van der Waals surface area contributed by atoms with Gasteiger partial charge in [-0.3, -0.25) is 4.31 Å². The van der Waals surface area contributed by atoms with Gasteiger partial charge in [-0.2, -0.15) is 0 Å². The number of rotatable bonds is 5. The molecule has 138 valence electrons. The third-order valence-electron chi connectivity index (χ3n) is 4.20. The minimum Gasteiger partial charge on any atom is -0.497 e. The number of benzene rings is 2. The summed E-state index contributed by atoms with van der Waals surface area (Å²) in [4.78, 5) is 12.1. The van der Waals surface area contributed by atoms with E-state index in [1.807, 2.05) is 30.3 Å². The van der Waals surface area contributed by atoms with E-state index in [1.54, 1.807) is 19.2 Å². The molecule has 8 heteroatoms. The van der Waals surface area contributed by atoms with Gasteiger partial charge in [0.05, 0.1) is 19.1 Å². The molecule has 0 unspecified atom stereocenters. The van der Waals surface area contributed by atoms with Crippen molar-refractivity contribution in [2.75, 3.05) is 29.5 Å². The van der Waals surface area contributed by atoms with Gasteiger partial charge in [-0.1, -0.05) is 12.1 Å². The number of carbonyl (C=O) groups excluding carboxylic acids is 1. The number of methoxy groups -OCH3 is 1. The molecule has 7 nitrogen and oxygen atoms in total. The van der Waals surface area contributed by atoms with E-state index in [0.717, 1.165) is 16.9 Å². The van der Waals surface area contributed by atoms with E-state index in [4.69, 9.17) is 4.74 Å². The first kappa shape index (κ1) is 18.1. The van der Waals surface area contributed by atoms with Gasteiger partial charge in [0.1, 0.15) is 5.75 Å². The molecule has 26 heavy (non-hydrogen) atoms. The van der Waals surface area contributed by atoms with Crippen LogP contribution in [0, 0.1) is 0 Å². The highest BCUT2D eigenvalue weighted by atomic mass is 32.2. The van der Waals surface area contributed by atoms with Gasteiger partial charge in [-0.05, 0) is 47.9 Å². The molecule has 2 aromatic carbocycles. The molecule has 0 bridgehead atoms. The van der Waals surface area contributed by atoms with Gasteiger partial charge in [-0.25, -0.2) is 13.2 Å². The van der Waals surface area contributed by atoms with Crippen molar-refractivity contribution in [2.24, 2.45) is 0 Å². The summed E-state index contributed by atoms with van der Waals surface area (Å²) in [6.07, 6.45) is 1.83. The topological polar surface area (TPSA) is 87.7 Å². The third kappa shape index (κ3) is 4.08. The molecule has 0 aromatic heterocycles. The SMILES string of the molecule is COc1ccc(CNC(=O)Nc2ccc3c(c2)CCN3S(C)(=O)=O)cc1. The number of hydrogen-bond acceptors (Lipinski definition) is 4. The normalized spacial score (nSPS) is 13.2. The highest BCUT2D eigenvalue weighted by Crippen LogP contribution is 2.32. The minimum atomic E-state index is -3.27. The van der Waals surface area contributed by atoms with Crippen molar-refractivity contribution < 1.29 is 17.9 Å². The maximum Gasteiger partial charge on any atom is 0.319 e. The van der Waals surface area contributed by atoms with Crippen molar-refractivity contribution in [3.8, 4) is 5.75 Å². The van der Waals surface area contributed by atoms with Crippen molar-refractivity contribution in [3.05, 3.63) is 53.6 Å². The molecule has 0 radical (unpaired) electrons. The molecular formula is C18H21N3O4S. The summed E-state index contributed by atoms with van der Waals surface area (Å²) in [6, 6.07) is 12.4. The number of sulfonamides is 1. The number of nitrogens with one attached hydrogen (secondary N) is 2. The first-order chi connectivity index (χ1) is 12.4. The average molecular weight is 375 g/mol. The Morgan fingerprint density at radius 2 is 1.92 bits per heavy atom. The second kappa shape index (κ2) is 7.25. The van der Waals surface area contributed by atoms with Crippen molar-refractivity contribution >= 4 is 27.4 Å². The highest BCUT2D eigenvalue weighted by Gasteiger charge is 2.26. The fourth-order valence-electron chi connectivity index (χ4n) is 2.89. The number of fused-ring (bicyclic) bond motifs is 1. The molecule has 0 atom stereocenters. The Hall–Kier alpha value is -2.74. The van der Waals surface area contributed by atoms with Crippen LogP contribution in [0.3, 0.4) is 0 Å². The van der Waals surface area contributed by atoms with Crippen LogP contribution in [0.2, 0.25) is 0 Å². The van der Waals surface area contributed by atoms with E-state index in [-0.39, 0.29) is 6.03 Å². The van der Waals surface area contributed by atoms with Gasteiger partial charge in [0.15, 0.2) is 0 Å². The van der Waals surface area contributed by atoms with Crippen molar-refractivity contribution in [3.63, 3.8) is 0 Å². The monoisotopic (exact) mass is 375 g/mol. The number of ether oxygens (including phenoxy) is 1. The van der Waals surface area contributed by atoms with Gasteiger partial charge in [0.25, 0.3) is 0 Å². The Morgan fingerprint density at radius 3 is 2.58 bits per heavy atom. The number of nitrogens with zero attached hydrogens (tertiary/aromatic N) is 1. The largest absolute Gasteiger partial charge is 0.497 e. The Bertz CT molecular complexity index is 911. The highest BCUT2D eigenvalue weighted by molar-refractivity contribution is 7.92. The molecule has 1 heterocycles. The van der Waals surface area contributed by atoms with E-state index in [0.29, 0.717) is 30.9 Å². The maximum atomic E-state index is 12.1. The predicted octanol–water partition coefficient (Wildman–Crippen LogP) is 2.34. The smallest absolute Gasteiger partial charge is 0.319 e. The zero-order valence-electron chi connectivity index (χ0n) is 14.7. The molecule has 1 aliphatic rings. The predicted molar refractivity (Wildman–Crippen MR) is 101 cm³/mol. The van der Waals surface area contributed by atoms with Gasteiger partial charge < -0.3 is 15.4 Å². The Labute approximate surface area is 153 Å². The summed E-state index contributed by atoms with van der Waals surface area (Å²) in [5.41, 5.74) is 3.17. The zero-order valence-corrected chi connectivity index (χ0v) is 15.5. The van der Waals surface area contributed by atoms with Gasteiger partial charge >= 0.3 is 6.03 Å². The van der Waals surface area contributed by atoms with Crippen LogP contribution in [0.5, 0.6) is 5.75 Å². The van der Waals surface area contributed by atoms with E-state index in [1.165, 1.54) is 10.6 Å². The van der Waals surface area contributed by atoms with Crippen LogP contribution in [0.4, 0.5) is 16.2 Å². The van der Waals surface area contributed by atoms with E-state index in [9.17, 15) is 13.2 Å². The molecule has 0 fully saturated rings. The van der Waals surface area contributed by atoms with Gasteiger partial charge in [0.2, 0.25) is 10.0 Å². The summed E-state index contributed by atoms with van der Waals surface area (Å²) in [5.74, 6) is 0.763. The molecule has 3 rings (SSSR count). The van der Waals surface area contributed by atoms with Crippen LogP contribution in [-0.2, 0) is 23.0 Å². The Kier molecular flexibility index (Phi) is 5.03. The van der Waals surface area contributed by atoms with Crippen LogP contribution in [0.25, 0.3) is 0 Å². The van der Waals surface area contributed by atoms with Crippen LogP contribution >= 0.6 is 0 Å². The lowest BCUT2D eigenvalue weighted by atomic mass is 10.1. The van der Waals surface area contributed by atoms with E-state index < -0.39 is 10.0 Å². The summed E-state index contributed by atoms with van der Waals surface area (Å²) >= 11 is 0. The molecule has 2 amide bonds. The number of urea groups is 1. The van der Waals surface area contributed by atoms with E-state index in [2.05, 4.69) is 10.6 Å². The van der Waals surface area contributed by atoms with Gasteiger partial charge in [-0.15, -0.1) is 0 Å². The van der Waals surface area contributed by atoms with Crippen LogP contribution < -0.4 is 19.7 Å². The van der Waals surface area contributed by atoms with Crippen LogP contribution in [-0.4, -0.2) is 34.4 Å². The molecule has 0 saturated carbocycles. The maximum absolute atomic E-state index is 12.1. The third-order valence-corrected chi connectivity index (χ3v) is 5.38. The van der Waals surface area contributed by atoms with Crippen LogP contribution in [0.15, 0.2) is 42.5 Å². The quantitative estimate of drug-likeness (QED) is 0.840. The lowest BCUT2D eigenvalue weighted by Gasteiger charge is -2.16. The molecule has 2 aromatic rings. The lowest BCUT2D eigenvalue weighted by Crippen LogP contribution is -2.28. The Morgan fingerprint density at radius 1 is 1.19 bits per heavy atom. The molecule has 0 spiro atoms. The second-order valence-electron chi connectivity index (χ2n) is 6.08. The first-order valence-electron chi connectivity index (χ1n) is 8.15. The summed E-state index contributed by atoms with van der Waals surface area (Å²) in [5, 5.41) is 5.56. The number of hydrogen-bond donors (Lipinski definition) is 2. The summed E-state index contributed by atoms with van der Waals surface area (Å²) in [7, 11) is -1.67. The molecule has 1 aliphatic heterocycles. The summed E-state index contributed by atoms with van der Waals surface area (Å²) in [6.45, 7) is 0.823. The molecule has 2 N–H and O–H groups in total. The number of carbonyl (C=O) groups is 1. The van der Waals surface area contributed by atoms with Crippen molar-refractivity contribution in [1.29, 1.82) is 0 Å². The Balaban J connectivity index is 1.60. The van der Waals surface area contributed by atoms with Crippen molar-refractivity contribution in [2.45, 2.75) is 13.0 Å². The standard InChI is InChI=1S/C18H21N3O4S/c1-25-16-6-3-13(4-7-16)12-19-18(22)20-15-5-8-17-14(11-15)9-10-21(17)26(2,23)24/h3-8,11H,9-10,12H2,1-2H3,(H2,19,20,22). The molecular weight excluding hydrogens is 354 g/mol. The van der Waals surface area contributed by atoms with E-state index >= 15 is 0 Å². The van der Waals surface area contributed by atoms with Crippen molar-refractivity contribution in [1.82, 2.24) is 5.32 Å². The molecule has 0 aliphatic carbocycles. The van der Waals surface area contributed by atoms with Gasteiger partial charge in [0, 0.05) is 18.8 Å². The first-order valence-corrected chi connectivity index (χ1v) is 10.00. The minimum absolute atomic E-state index is 0.321. The average Bonchev–Trinajstić information content (AvgIpc) is 3.04. The lowest BCUT2D eigenvalue weighted by molar-refractivity contribution is 0.251. The summed E-state index contributed by atoms with van der Waals surface area (Å²) < 4.78 is 30.0. The number of amides is 2. The zero-order chi connectivity index (χ0) is 18.7. The number of anilines is 2. The van der Waals surface area contributed by atoms with Crippen LogP contribution in [0.1, 0.15) is 11.1 Å². The molecule has 0 saturated heterocycles.